The van der Waals surface area contributed by atoms with Gasteiger partial charge in [-0.25, -0.2) is 0 Å². The third kappa shape index (κ3) is 3.54. The number of hydrogen-bond donors (Lipinski definition) is 2. The Hall–Kier alpha value is -2.51. The molecule has 3 rings (SSSR count). The standard InChI is InChI=1S/C19H19BrN4O2/c1-12-6-4-5-7-14(12)18(25)22-21-17-15-10-13(20)8-9-16(15)24(19(17)26)11-23(2)3/h4-10,26H,11H2,1-3H3/p+1. The third-order valence-corrected chi connectivity index (χ3v) is 4.56. The van der Waals surface area contributed by atoms with Gasteiger partial charge in [-0.3, -0.25) is 9.36 Å². The van der Waals surface area contributed by atoms with Crippen molar-refractivity contribution in [3.05, 3.63) is 58.1 Å². The Morgan fingerprint density at radius 1 is 1.23 bits per heavy atom. The van der Waals surface area contributed by atoms with Gasteiger partial charge in [-0.15, -0.1) is 10.2 Å². The molecule has 0 aliphatic carbocycles. The molecule has 0 saturated carbocycles. The summed E-state index contributed by atoms with van der Waals surface area (Å²) in [6.45, 7) is 2.41. The second-order valence-electron chi connectivity index (χ2n) is 6.45. The predicted octanol–water partition coefficient (Wildman–Crippen LogP) is 3.44. The molecule has 0 unspecified atom stereocenters. The molecule has 0 spiro atoms. The number of benzene rings is 2. The lowest BCUT2D eigenvalue weighted by Gasteiger charge is -2.10. The van der Waals surface area contributed by atoms with Gasteiger partial charge >= 0.3 is 0 Å². The van der Waals surface area contributed by atoms with Crippen molar-refractivity contribution in [2.24, 2.45) is 10.2 Å². The highest BCUT2D eigenvalue weighted by molar-refractivity contribution is 9.10. The Labute approximate surface area is 159 Å². The number of nitrogens with zero attached hydrogens (tertiary/aromatic N) is 3. The van der Waals surface area contributed by atoms with Gasteiger partial charge in [-0.1, -0.05) is 34.1 Å². The molecule has 3 aromatic rings. The Morgan fingerprint density at radius 3 is 2.65 bits per heavy atom. The van der Waals surface area contributed by atoms with E-state index in [1.165, 1.54) is 0 Å². The van der Waals surface area contributed by atoms with Crippen LogP contribution in [0.5, 0.6) is 5.88 Å². The van der Waals surface area contributed by atoms with Gasteiger partial charge in [-0.2, -0.15) is 0 Å². The quantitative estimate of drug-likeness (QED) is 0.640. The van der Waals surface area contributed by atoms with E-state index in [9.17, 15) is 9.90 Å². The minimum atomic E-state index is -0.434. The Balaban J connectivity index is 2.07. The number of rotatable bonds is 4. The highest BCUT2D eigenvalue weighted by atomic mass is 79.9. The van der Waals surface area contributed by atoms with Crippen LogP contribution in [0, 0.1) is 6.92 Å². The lowest BCUT2D eigenvalue weighted by Crippen LogP contribution is -3.04. The van der Waals surface area contributed by atoms with E-state index in [2.05, 4.69) is 26.2 Å². The molecule has 134 valence electrons. The van der Waals surface area contributed by atoms with Crippen LogP contribution in [0.3, 0.4) is 0 Å². The number of quaternary nitrogens is 1. The van der Waals surface area contributed by atoms with E-state index in [-0.39, 0.29) is 5.88 Å². The van der Waals surface area contributed by atoms with Crippen molar-refractivity contribution in [2.75, 3.05) is 14.1 Å². The summed E-state index contributed by atoms with van der Waals surface area (Å²) < 4.78 is 2.63. The first kappa shape index (κ1) is 18.3. The fourth-order valence-corrected chi connectivity index (χ4v) is 3.19. The van der Waals surface area contributed by atoms with Crippen LogP contribution >= 0.6 is 15.9 Å². The fourth-order valence-electron chi connectivity index (χ4n) is 2.83. The number of carbonyl (C=O) groups is 1. The van der Waals surface area contributed by atoms with Crippen LogP contribution in [-0.4, -0.2) is 29.7 Å². The molecule has 1 heterocycles. The predicted molar refractivity (Wildman–Crippen MR) is 104 cm³/mol. The van der Waals surface area contributed by atoms with E-state index in [1.807, 2.05) is 51.4 Å². The van der Waals surface area contributed by atoms with Crippen molar-refractivity contribution in [1.82, 2.24) is 4.57 Å². The topological polar surface area (TPSA) is 71.4 Å². The number of hydrogen-bond acceptors (Lipinski definition) is 3. The first-order chi connectivity index (χ1) is 12.4. The van der Waals surface area contributed by atoms with Gasteiger partial charge in [0.2, 0.25) is 5.88 Å². The summed E-state index contributed by atoms with van der Waals surface area (Å²) in [4.78, 5) is 13.5. The third-order valence-electron chi connectivity index (χ3n) is 4.06. The molecule has 0 saturated heterocycles. The molecule has 0 aliphatic rings. The summed E-state index contributed by atoms with van der Waals surface area (Å²) >= 11 is 3.44. The number of aromatic hydroxyl groups is 1. The van der Waals surface area contributed by atoms with Crippen molar-refractivity contribution >= 4 is 38.4 Å². The number of azo groups is 1. The van der Waals surface area contributed by atoms with Gasteiger partial charge < -0.3 is 10.0 Å². The Morgan fingerprint density at radius 2 is 1.96 bits per heavy atom. The van der Waals surface area contributed by atoms with Crippen LogP contribution in [0.2, 0.25) is 0 Å². The number of fused-ring (bicyclic) bond motifs is 1. The maximum absolute atomic E-state index is 12.4. The van der Waals surface area contributed by atoms with Crippen molar-refractivity contribution in [2.45, 2.75) is 13.6 Å². The van der Waals surface area contributed by atoms with E-state index in [1.54, 1.807) is 16.7 Å². The SMILES string of the molecule is Cc1ccccc1C(=O)N=Nc1c(O)n(C[NH+](C)C)c2ccc(Br)cc12. The average Bonchev–Trinajstić information content (AvgIpc) is 2.84. The zero-order valence-electron chi connectivity index (χ0n) is 14.8. The Kier molecular flexibility index (Phi) is 5.20. The van der Waals surface area contributed by atoms with E-state index in [4.69, 9.17) is 0 Å². The monoisotopic (exact) mass is 415 g/mol. The minimum absolute atomic E-state index is 0.000587. The number of carbonyl (C=O) groups excluding carboxylic acids is 1. The normalized spacial score (nSPS) is 11.7. The summed E-state index contributed by atoms with van der Waals surface area (Å²) in [5.74, 6) is -0.433. The highest BCUT2D eigenvalue weighted by Gasteiger charge is 2.19. The van der Waals surface area contributed by atoms with E-state index in [0.29, 0.717) is 17.9 Å². The lowest BCUT2D eigenvalue weighted by molar-refractivity contribution is -0.882. The maximum Gasteiger partial charge on any atom is 0.295 e. The van der Waals surface area contributed by atoms with Crippen LogP contribution in [-0.2, 0) is 6.67 Å². The van der Waals surface area contributed by atoms with Gasteiger partial charge in [0.05, 0.1) is 19.6 Å². The van der Waals surface area contributed by atoms with Gasteiger partial charge in [0.25, 0.3) is 5.91 Å². The molecule has 0 atom stereocenters. The lowest BCUT2D eigenvalue weighted by atomic mass is 10.1. The molecular formula is C19H20BrN4O2+. The minimum Gasteiger partial charge on any atom is -0.493 e. The molecular weight excluding hydrogens is 396 g/mol. The second kappa shape index (κ2) is 7.39. The molecule has 2 aromatic carbocycles. The number of aromatic nitrogens is 1. The van der Waals surface area contributed by atoms with Gasteiger partial charge in [0.15, 0.2) is 12.4 Å². The van der Waals surface area contributed by atoms with Gasteiger partial charge in [0, 0.05) is 15.4 Å². The second-order valence-corrected chi connectivity index (χ2v) is 7.36. The van der Waals surface area contributed by atoms with E-state index in [0.717, 1.165) is 25.8 Å². The highest BCUT2D eigenvalue weighted by Crippen LogP contribution is 2.39. The van der Waals surface area contributed by atoms with Crippen molar-refractivity contribution < 1.29 is 14.8 Å². The van der Waals surface area contributed by atoms with Crippen molar-refractivity contribution in [3.63, 3.8) is 0 Å². The molecule has 7 heteroatoms. The van der Waals surface area contributed by atoms with Crippen LogP contribution in [0.4, 0.5) is 5.69 Å². The molecule has 1 aromatic heterocycles. The van der Waals surface area contributed by atoms with E-state index < -0.39 is 5.91 Å². The van der Waals surface area contributed by atoms with Crippen LogP contribution in [0.1, 0.15) is 15.9 Å². The molecule has 0 radical (unpaired) electrons. The number of nitrogens with one attached hydrogen (secondary N) is 1. The fraction of sp³-hybridized carbons (Fsp3) is 0.211. The Bertz CT molecular complexity index is 1010. The summed E-state index contributed by atoms with van der Waals surface area (Å²) in [5.41, 5.74) is 2.47. The molecule has 1 amide bonds. The number of amides is 1. The largest absolute Gasteiger partial charge is 0.493 e. The number of halogens is 1. The van der Waals surface area contributed by atoms with Gasteiger partial charge in [0.1, 0.15) is 0 Å². The molecule has 0 fully saturated rings. The van der Waals surface area contributed by atoms with Gasteiger partial charge in [-0.05, 0) is 36.8 Å². The van der Waals surface area contributed by atoms with Crippen LogP contribution in [0.15, 0.2) is 57.2 Å². The first-order valence-electron chi connectivity index (χ1n) is 8.20. The van der Waals surface area contributed by atoms with Crippen LogP contribution in [0.25, 0.3) is 10.9 Å². The summed E-state index contributed by atoms with van der Waals surface area (Å²) in [6, 6.07) is 12.9. The molecule has 26 heavy (non-hydrogen) atoms. The summed E-state index contributed by atoms with van der Waals surface area (Å²) in [6.07, 6.45) is 0. The smallest absolute Gasteiger partial charge is 0.295 e. The first-order valence-corrected chi connectivity index (χ1v) is 8.99. The molecule has 0 aliphatic heterocycles. The zero-order chi connectivity index (χ0) is 18.8. The summed E-state index contributed by atoms with van der Waals surface area (Å²) in [7, 11) is 3.99. The zero-order valence-corrected chi connectivity index (χ0v) is 16.4. The summed E-state index contributed by atoms with van der Waals surface area (Å²) in [5, 5.41) is 19.3. The molecule has 2 N–H and O–H groups in total. The molecule has 6 nitrogen and oxygen atoms in total. The van der Waals surface area contributed by atoms with Crippen LogP contribution < -0.4 is 4.90 Å². The maximum atomic E-state index is 12.4. The average molecular weight is 416 g/mol. The van der Waals surface area contributed by atoms with E-state index >= 15 is 0 Å². The van der Waals surface area contributed by atoms with Crippen molar-refractivity contribution in [1.29, 1.82) is 0 Å². The molecule has 0 bridgehead atoms. The number of aryl methyl sites for hydroxylation is 1. The van der Waals surface area contributed by atoms with Crippen molar-refractivity contribution in [3.8, 4) is 5.88 Å².